The Bertz CT molecular complexity index is 1300. The van der Waals surface area contributed by atoms with Crippen LogP contribution in [0.1, 0.15) is 34.6 Å². The number of fused-ring (bicyclic) bond motifs is 3. The molecule has 0 bridgehead atoms. The lowest BCUT2D eigenvalue weighted by molar-refractivity contribution is -0.145. The zero-order valence-corrected chi connectivity index (χ0v) is 20.4. The van der Waals surface area contributed by atoms with Gasteiger partial charge in [-0.15, -0.1) is 0 Å². The van der Waals surface area contributed by atoms with E-state index in [1.807, 2.05) is 0 Å². The number of halogens is 2. The molecule has 1 fully saturated rings. The van der Waals surface area contributed by atoms with Gasteiger partial charge < -0.3 is 10.2 Å². The lowest BCUT2D eigenvalue weighted by Gasteiger charge is -2.27. The zero-order chi connectivity index (χ0) is 24.9. The fraction of sp³-hybridized carbons (Fsp3) is 0.476. The maximum Gasteiger partial charge on any atom is 0.322 e. The van der Waals surface area contributed by atoms with Gasteiger partial charge in [-0.1, -0.05) is 11.6 Å². The smallest absolute Gasteiger partial charge is 0.320 e. The maximum absolute atomic E-state index is 13.4. The zero-order valence-electron chi connectivity index (χ0n) is 18.8. The second-order valence-electron chi connectivity index (χ2n) is 8.81. The van der Waals surface area contributed by atoms with Crippen molar-refractivity contribution in [2.24, 2.45) is 0 Å². The summed E-state index contributed by atoms with van der Waals surface area (Å²) in [4.78, 5) is 33.2. The van der Waals surface area contributed by atoms with Crippen LogP contribution >= 0.6 is 11.6 Å². The van der Waals surface area contributed by atoms with Crippen LogP contribution in [0.2, 0.25) is 5.02 Å². The molecule has 1 atom stereocenters. The van der Waals surface area contributed by atoms with Crippen molar-refractivity contribution in [2.45, 2.75) is 43.7 Å². The summed E-state index contributed by atoms with van der Waals surface area (Å²) in [6.07, 6.45) is 1.09. The first-order valence-electron chi connectivity index (χ1n) is 11.1. The molecular formula is C21H24ClFN6O5S. The quantitative estimate of drug-likeness (QED) is 0.611. The van der Waals surface area contributed by atoms with Gasteiger partial charge in [0.05, 0.1) is 29.1 Å². The minimum atomic E-state index is -3.40. The number of sulfonamides is 1. The van der Waals surface area contributed by atoms with Crippen LogP contribution in [0.3, 0.4) is 0 Å². The van der Waals surface area contributed by atoms with Crippen LogP contribution in [-0.2, 0) is 34.4 Å². The Balaban J connectivity index is 1.32. The first kappa shape index (κ1) is 24.0. The summed E-state index contributed by atoms with van der Waals surface area (Å²) in [5, 5.41) is 7.88. The molecule has 1 saturated carbocycles. The number of rotatable bonds is 5. The Morgan fingerprint density at radius 1 is 1.34 bits per heavy atom. The molecule has 11 nitrogen and oxygen atoms in total. The van der Waals surface area contributed by atoms with Gasteiger partial charge in [-0.05, 0) is 31.0 Å². The van der Waals surface area contributed by atoms with Crippen molar-refractivity contribution in [1.29, 1.82) is 0 Å². The van der Waals surface area contributed by atoms with Crippen molar-refractivity contribution in [3.63, 3.8) is 0 Å². The molecule has 1 aliphatic carbocycles. The van der Waals surface area contributed by atoms with E-state index in [9.17, 15) is 22.4 Å². The van der Waals surface area contributed by atoms with Crippen LogP contribution < -0.4 is 10.0 Å². The number of amides is 3. The number of urea groups is 1. The highest BCUT2D eigenvalue weighted by molar-refractivity contribution is 7.90. The Labute approximate surface area is 206 Å². The van der Waals surface area contributed by atoms with E-state index < -0.39 is 33.9 Å². The molecule has 14 heteroatoms. The van der Waals surface area contributed by atoms with Crippen molar-refractivity contribution in [2.75, 3.05) is 25.5 Å². The molecule has 1 aromatic carbocycles. The number of carbonyl (C=O) groups is 2. The van der Waals surface area contributed by atoms with E-state index >= 15 is 0 Å². The molecule has 5 rings (SSSR count). The van der Waals surface area contributed by atoms with E-state index in [2.05, 4.69) is 15.1 Å². The van der Waals surface area contributed by atoms with Crippen LogP contribution in [-0.4, -0.2) is 71.6 Å². The molecule has 1 unspecified atom stereocenters. The van der Waals surface area contributed by atoms with Gasteiger partial charge in [0.2, 0.25) is 10.0 Å². The fourth-order valence-corrected chi connectivity index (χ4v) is 5.79. The molecule has 0 spiro atoms. The molecule has 35 heavy (non-hydrogen) atoms. The monoisotopic (exact) mass is 526 g/mol. The summed E-state index contributed by atoms with van der Waals surface area (Å²) in [5.41, 5.74) is 1.97. The second kappa shape index (κ2) is 9.04. The SMILES string of the molecule is CN1OC(CNS(=O)(=O)C2CC2)Cn2nc3c(c2C1=O)CN(C(=O)Nc1ccc(F)c(Cl)c1)CC3. The Morgan fingerprint density at radius 3 is 2.83 bits per heavy atom. The lowest BCUT2D eigenvalue weighted by atomic mass is 10.1. The summed E-state index contributed by atoms with van der Waals surface area (Å²) >= 11 is 5.79. The third-order valence-electron chi connectivity index (χ3n) is 6.21. The number of nitrogens with zero attached hydrogens (tertiary/aromatic N) is 4. The first-order valence-corrected chi connectivity index (χ1v) is 13.1. The van der Waals surface area contributed by atoms with Crippen molar-refractivity contribution >= 4 is 39.2 Å². The van der Waals surface area contributed by atoms with Gasteiger partial charge in [0, 0.05) is 37.8 Å². The Morgan fingerprint density at radius 2 is 2.11 bits per heavy atom. The maximum atomic E-state index is 13.4. The van der Waals surface area contributed by atoms with E-state index in [4.69, 9.17) is 16.4 Å². The predicted molar refractivity (Wildman–Crippen MR) is 124 cm³/mol. The molecular weight excluding hydrogens is 503 g/mol. The van der Waals surface area contributed by atoms with Crippen LogP contribution in [0.25, 0.3) is 0 Å². The third-order valence-corrected chi connectivity index (χ3v) is 8.41. The van der Waals surface area contributed by atoms with Gasteiger partial charge in [0.1, 0.15) is 17.6 Å². The van der Waals surface area contributed by atoms with Crippen molar-refractivity contribution in [1.82, 2.24) is 24.5 Å². The summed E-state index contributed by atoms with van der Waals surface area (Å²) in [5.74, 6) is -1.02. The number of hydrogen-bond acceptors (Lipinski definition) is 6. The first-order chi connectivity index (χ1) is 16.6. The highest BCUT2D eigenvalue weighted by Gasteiger charge is 2.38. The Kier molecular flexibility index (Phi) is 6.20. The van der Waals surface area contributed by atoms with Crippen LogP contribution in [0.5, 0.6) is 0 Å². The van der Waals surface area contributed by atoms with Crippen molar-refractivity contribution < 1.29 is 27.2 Å². The van der Waals surface area contributed by atoms with Gasteiger partial charge in [0.25, 0.3) is 5.91 Å². The highest BCUT2D eigenvalue weighted by atomic mass is 35.5. The van der Waals surface area contributed by atoms with Crippen molar-refractivity contribution in [3.8, 4) is 0 Å². The number of carbonyl (C=O) groups excluding carboxylic acids is 2. The number of hydrogen-bond donors (Lipinski definition) is 2. The van der Waals surface area contributed by atoms with Gasteiger partial charge in [0.15, 0.2) is 0 Å². The molecule has 2 aromatic rings. The molecule has 3 heterocycles. The standard InChI is InChI=1S/C21H24ClFN6O5S/c1-27-20(30)19-15-11-28(21(31)25-12-2-5-17(23)16(22)8-12)7-6-18(15)26-29(19)10-13(34-27)9-24-35(32,33)14-3-4-14/h2,5,8,13-14,24H,3-4,6-7,9-11H2,1H3,(H,25,31). The fourth-order valence-electron chi connectivity index (χ4n) is 4.20. The average molecular weight is 527 g/mol. The van der Waals surface area contributed by atoms with Gasteiger partial charge in [-0.2, -0.15) is 5.10 Å². The summed E-state index contributed by atoms with van der Waals surface area (Å²) in [7, 11) is -1.94. The van der Waals surface area contributed by atoms with Gasteiger partial charge in [-0.3, -0.25) is 14.3 Å². The second-order valence-corrected chi connectivity index (χ2v) is 11.3. The minimum Gasteiger partial charge on any atom is -0.320 e. The molecule has 0 radical (unpaired) electrons. The van der Waals surface area contributed by atoms with Crippen LogP contribution in [0.4, 0.5) is 14.9 Å². The molecule has 3 aliphatic rings. The number of benzene rings is 1. The van der Waals surface area contributed by atoms with E-state index in [-0.39, 0.29) is 29.9 Å². The van der Waals surface area contributed by atoms with Crippen LogP contribution in [0.15, 0.2) is 18.2 Å². The molecule has 2 aliphatic heterocycles. The van der Waals surface area contributed by atoms with E-state index in [0.717, 1.165) is 5.06 Å². The molecule has 3 amide bonds. The topological polar surface area (TPSA) is 126 Å². The van der Waals surface area contributed by atoms with Gasteiger partial charge in [-0.25, -0.2) is 27.4 Å². The predicted octanol–water partition coefficient (Wildman–Crippen LogP) is 1.73. The van der Waals surface area contributed by atoms with E-state index in [0.29, 0.717) is 48.4 Å². The van der Waals surface area contributed by atoms with Crippen LogP contribution in [0, 0.1) is 5.82 Å². The normalized spacial score (nSPS) is 20.3. The average Bonchev–Trinajstić information content (AvgIpc) is 3.62. The van der Waals surface area contributed by atoms with E-state index in [1.165, 1.54) is 34.8 Å². The lowest BCUT2D eigenvalue weighted by Crippen LogP contribution is -2.40. The molecule has 188 valence electrons. The largest absolute Gasteiger partial charge is 0.322 e. The number of anilines is 1. The summed E-state index contributed by atoms with van der Waals surface area (Å²) in [6.45, 7) is 0.695. The number of nitrogens with one attached hydrogen (secondary N) is 2. The molecule has 0 saturated heterocycles. The Hall–Kier alpha value is -2.74. The summed E-state index contributed by atoms with van der Waals surface area (Å²) < 4.78 is 41.9. The summed E-state index contributed by atoms with van der Waals surface area (Å²) in [6, 6.07) is 3.48. The highest BCUT2D eigenvalue weighted by Crippen LogP contribution is 2.29. The number of aromatic nitrogens is 2. The van der Waals surface area contributed by atoms with Crippen molar-refractivity contribution in [3.05, 3.63) is 46.0 Å². The minimum absolute atomic E-state index is 0.00911. The molecule has 2 N–H and O–H groups in total. The third kappa shape index (κ3) is 4.85. The number of hydroxylamine groups is 2. The van der Waals surface area contributed by atoms with E-state index in [1.54, 1.807) is 0 Å². The molecule has 1 aromatic heterocycles. The van der Waals surface area contributed by atoms with Gasteiger partial charge >= 0.3 is 6.03 Å².